The van der Waals surface area contributed by atoms with E-state index in [-0.39, 0.29) is 28.4 Å². The van der Waals surface area contributed by atoms with E-state index in [2.05, 4.69) is 21.0 Å². The number of ketones is 1. The molecule has 0 radical (unpaired) electrons. The molecule has 1 aromatic carbocycles. The number of hydrogen-bond acceptors (Lipinski definition) is 5. The summed E-state index contributed by atoms with van der Waals surface area (Å²) in [4.78, 5) is 27.4. The van der Waals surface area contributed by atoms with Crippen LogP contribution in [0.15, 0.2) is 22.8 Å². The number of hydrogen-bond donors (Lipinski definition) is 0. The molecule has 0 amide bonds. The minimum Gasteiger partial charge on any atom is -0.464 e. The van der Waals surface area contributed by atoms with Crippen molar-refractivity contribution in [3.05, 3.63) is 28.6 Å². The van der Waals surface area contributed by atoms with E-state index in [1.54, 1.807) is 19.1 Å². The van der Waals surface area contributed by atoms with E-state index in [1.165, 1.54) is 10.9 Å². The molecule has 1 saturated heterocycles. The fraction of sp³-hybridized carbons (Fsp3) is 0.471. The molecule has 2 unspecified atom stereocenters. The quantitative estimate of drug-likeness (QED) is 0.558. The van der Waals surface area contributed by atoms with Gasteiger partial charge in [0, 0.05) is 11.6 Å². The first-order chi connectivity index (χ1) is 11.9. The van der Waals surface area contributed by atoms with Crippen molar-refractivity contribution in [3.8, 4) is 0 Å². The number of halogens is 2. The Balaban J connectivity index is 2.04. The maximum atomic E-state index is 14.3. The Morgan fingerprint density at radius 3 is 2.88 bits per heavy atom. The van der Waals surface area contributed by atoms with Crippen LogP contribution in [0.3, 0.4) is 0 Å². The number of benzene rings is 1. The highest BCUT2D eigenvalue weighted by molar-refractivity contribution is 9.10. The number of carbonyl (C=O) groups excluding carboxylic acids is 2. The van der Waals surface area contributed by atoms with Gasteiger partial charge >= 0.3 is 5.97 Å². The van der Waals surface area contributed by atoms with Crippen LogP contribution in [0, 0.1) is 5.82 Å². The molecular formula is C17H19BrFN3O3. The van der Waals surface area contributed by atoms with Crippen LogP contribution in [-0.4, -0.2) is 52.7 Å². The second-order valence-corrected chi connectivity index (χ2v) is 6.96. The number of aromatic nitrogens is 2. The number of esters is 1. The van der Waals surface area contributed by atoms with Crippen LogP contribution >= 0.6 is 15.9 Å². The van der Waals surface area contributed by atoms with Crippen LogP contribution < -0.4 is 0 Å². The summed E-state index contributed by atoms with van der Waals surface area (Å²) in [6.07, 6.45) is 3.09. The fourth-order valence-electron chi connectivity index (χ4n) is 3.21. The molecule has 8 heteroatoms. The third-order valence-electron chi connectivity index (χ3n) is 4.48. The summed E-state index contributed by atoms with van der Waals surface area (Å²) < 4.78 is 20.8. The summed E-state index contributed by atoms with van der Waals surface area (Å²) in [5.74, 6) is -1.46. The predicted molar refractivity (Wildman–Crippen MR) is 93.7 cm³/mol. The Bertz CT molecular complexity index is 823. The van der Waals surface area contributed by atoms with E-state index >= 15 is 0 Å². The van der Waals surface area contributed by atoms with E-state index in [0.717, 1.165) is 13.0 Å². The summed E-state index contributed by atoms with van der Waals surface area (Å²) >= 11 is 3.12. The van der Waals surface area contributed by atoms with Crippen LogP contribution in [0.25, 0.3) is 10.9 Å². The second kappa shape index (κ2) is 7.21. The smallest absolute Gasteiger partial charge is 0.338 e. The lowest BCUT2D eigenvalue weighted by Gasteiger charge is -2.23. The van der Waals surface area contributed by atoms with Crippen molar-refractivity contribution < 1.29 is 18.7 Å². The normalized spacial score (nSPS) is 19.3. The van der Waals surface area contributed by atoms with Crippen LogP contribution in [0.1, 0.15) is 25.8 Å². The van der Waals surface area contributed by atoms with Crippen LogP contribution in [0.2, 0.25) is 0 Å². The van der Waals surface area contributed by atoms with Gasteiger partial charge in [0.15, 0.2) is 11.6 Å². The maximum Gasteiger partial charge on any atom is 0.338 e. The standard InChI is InChI=1S/C17H19BrFN3O3/c1-3-25-17(24)15(16(23)12-5-4-8-21(12)2)22-9-10-6-7-11(18)13(19)14(10)20-22/h6-7,9,12,15H,3-5,8H2,1-2H3. The molecule has 2 aromatic rings. The number of Topliss-reactive ketones (excluding diaryl/α,β-unsaturated/α-hetero) is 1. The van der Waals surface area contributed by atoms with Gasteiger partial charge in [0.2, 0.25) is 6.04 Å². The molecule has 25 heavy (non-hydrogen) atoms. The van der Waals surface area contributed by atoms with Gasteiger partial charge in [-0.1, -0.05) is 0 Å². The molecule has 0 N–H and O–H groups in total. The van der Waals surface area contributed by atoms with E-state index in [4.69, 9.17) is 4.74 Å². The highest BCUT2D eigenvalue weighted by Crippen LogP contribution is 2.27. The third-order valence-corrected chi connectivity index (χ3v) is 5.09. The van der Waals surface area contributed by atoms with Gasteiger partial charge in [-0.2, -0.15) is 5.10 Å². The number of likely N-dealkylation sites (N-methyl/N-ethyl adjacent to an activating group) is 1. The van der Waals surface area contributed by atoms with Gasteiger partial charge in [0.05, 0.1) is 17.1 Å². The van der Waals surface area contributed by atoms with Crippen molar-refractivity contribution in [2.45, 2.75) is 31.8 Å². The number of likely N-dealkylation sites (tertiary alicyclic amines) is 1. The van der Waals surface area contributed by atoms with Gasteiger partial charge in [0.25, 0.3) is 0 Å². The Labute approximate surface area is 153 Å². The fourth-order valence-corrected chi connectivity index (χ4v) is 3.53. The molecule has 6 nitrogen and oxygen atoms in total. The van der Waals surface area contributed by atoms with E-state index in [1.807, 2.05) is 11.9 Å². The Hall–Kier alpha value is -1.80. The summed E-state index contributed by atoms with van der Waals surface area (Å²) in [7, 11) is 1.86. The molecular weight excluding hydrogens is 393 g/mol. The van der Waals surface area contributed by atoms with Gasteiger partial charge in [-0.3, -0.25) is 9.69 Å². The van der Waals surface area contributed by atoms with Gasteiger partial charge in [-0.05, 0) is 61.4 Å². The Morgan fingerprint density at radius 1 is 1.48 bits per heavy atom. The van der Waals surface area contributed by atoms with E-state index in [9.17, 15) is 14.0 Å². The second-order valence-electron chi connectivity index (χ2n) is 6.10. The zero-order valence-electron chi connectivity index (χ0n) is 14.0. The lowest BCUT2D eigenvalue weighted by molar-refractivity contribution is -0.152. The molecule has 0 spiro atoms. The van der Waals surface area contributed by atoms with Crippen molar-refractivity contribution >= 4 is 38.6 Å². The number of carbonyl (C=O) groups is 2. The first kappa shape index (κ1) is 18.0. The molecule has 1 aliphatic heterocycles. The molecule has 134 valence electrons. The van der Waals surface area contributed by atoms with Crippen LogP contribution in [0.5, 0.6) is 0 Å². The molecule has 3 rings (SSSR count). The molecule has 1 fully saturated rings. The van der Waals surface area contributed by atoms with Crippen molar-refractivity contribution in [1.29, 1.82) is 0 Å². The molecule has 1 aromatic heterocycles. The number of ether oxygens (including phenoxy) is 1. The summed E-state index contributed by atoms with van der Waals surface area (Å²) in [5.41, 5.74) is 0.108. The predicted octanol–water partition coefficient (Wildman–Crippen LogP) is 2.71. The van der Waals surface area contributed by atoms with E-state index in [0.29, 0.717) is 11.8 Å². The lowest BCUT2D eigenvalue weighted by Crippen LogP contribution is -2.41. The molecule has 0 saturated carbocycles. The Kier molecular flexibility index (Phi) is 5.19. The molecule has 2 heterocycles. The zero-order valence-corrected chi connectivity index (χ0v) is 15.6. The van der Waals surface area contributed by atoms with Crippen LogP contribution in [0.4, 0.5) is 4.39 Å². The van der Waals surface area contributed by atoms with Gasteiger partial charge in [-0.15, -0.1) is 0 Å². The molecule has 0 bridgehead atoms. The number of nitrogens with zero attached hydrogens (tertiary/aromatic N) is 3. The number of rotatable bonds is 5. The Morgan fingerprint density at radius 2 is 2.24 bits per heavy atom. The largest absolute Gasteiger partial charge is 0.464 e. The van der Waals surface area contributed by atoms with Crippen molar-refractivity contribution in [3.63, 3.8) is 0 Å². The summed E-state index contributed by atoms with van der Waals surface area (Å²) in [5, 5.41) is 4.68. The van der Waals surface area contributed by atoms with Gasteiger partial charge in [0.1, 0.15) is 5.52 Å². The van der Waals surface area contributed by atoms with Gasteiger partial charge in [-0.25, -0.2) is 13.9 Å². The highest BCUT2D eigenvalue weighted by atomic mass is 79.9. The van der Waals surface area contributed by atoms with Crippen molar-refractivity contribution in [2.75, 3.05) is 20.2 Å². The summed E-state index contributed by atoms with van der Waals surface area (Å²) in [6.45, 7) is 2.63. The molecule has 2 atom stereocenters. The first-order valence-electron chi connectivity index (χ1n) is 8.17. The third kappa shape index (κ3) is 3.32. The molecule has 0 aliphatic carbocycles. The van der Waals surface area contributed by atoms with Crippen LogP contribution in [-0.2, 0) is 14.3 Å². The lowest BCUT2D eigenvalue weighted by atomic mass is 10.0. The SMILES string of the molecule is CCOC(=O)C(C(=O)C1CCCN1C)n1cc2ccc(Br)c(F)c2n1. The average Bonchev–Trinajstić information content (AvgIpc) is 3.18. The molecule has 1 aliphatic rings. The first-order valence-corrected chi connectivity index (χ1v) is 8.96. The maximum absolute atomic E-state index is 14.3. The monoisotopic (exact) mass is 411 g/mol. The average molecular weight is 412 g/mol. The zero-order chi connectivity index (χ0) is 18.1. The van der Waals surface area contributed by atoms with Gasteiger partial charge < -0.3 is 4.74 Å². The van der Waals surface area contributed by atoms with Crippen molar-refractivity contribution in [1.82, 2.24) is 14.7 Å². The van der Waals surface area contributed by atoms with Crippen molar-refractivity contribution in [2.24, 2.45) is 0 Å². The highest BCUT2D eigenvalue weighted by Gasteiger charge is 2.39. The van der Waals surface area contributed by atoms with E-state index < -0.39 is 17.8 Å². The minimum atomic E-state index is -1.21. The minimum absolute atomic E-state index is 0.108. The number of fused-ring (bicyclic) bond motifs is 1. The topological polar surface area (TPSA) is 64.4 Å². The summed E-state index contributed by atoms with van der Waals surface area (Å²) in [6, 6.07) is 1.67.